The number of aliphatic hydroxyl groups is 1. The van der Waals surface area contributed by atoms with Crippen molar-refractivity contribution in [2.75, 3.05) is 13.7 Å². The Morgan fingerprint density at radius 2 is 2.21 bits per heavy atom. The second-order valence-corrected chi connectivity index (χ2v) is 2.80. The summed E-state index contributed by atoms with van der Waals surface area (Å²) in [5.41, 5.74) is 5.51. The minimum absolute atomic E-state index is 0.0264. The third-order valence-corrected chi connectivity index (χ3v) is 1.88. The summed E-state index contributed by atoms with van der Waals surface area (Å²) in [6.45, 7) is -0.0264. The fraction of sp³-hybridized carbons (Fsp3) is 0.333. The number of nitrogens with two attached hydrogens (primary N) is 1. The lowest BCUT2D eigenvalue weighted by Gasteiger charge is -2.13. The van der Waals surface area contributed by atoms with E-state index in [4.69, 9.17) is 15.6 Å². The number of hydrogen-bond donors (Lipinski definition) is 3. The number of aromatic hydroxyl groups is 1. The van der Waals surface area contributed by atoms with Gasteiger partial charge in [0.05, 0.1) is 13.2 Å². The molecule has 1 unspecified atom stereocenters. The van der Waals surface area contributed by atoms with Gasteiger partial charge in [-0.25, -0.2) is 4.39 Å². The first-order valence-corrected chi connectivity index (χ1v) is 4.04. The number of methoxy groups -OCH3 is 1. The van der Waals surface area contributed by atoms with Crippen LogP contribution in [0.2, 0.25) is 0 Å². The average molecular weight is 201 g/mol. The summed E-state index contributed by atoms with van der Waals surface area (Å²) in [7, 11) is 1.35. The van der Waals surface area contributed by atoms with E-state index in [1.807, 2.05) is 0 Å². The number of aliphatic hydroxyl groups excluding tert-OH is 1. The predicted octanol–water partition coefficient (Wildman–Crippen LogP) is 0.532. The van der Waals surface area contributed by atoms with Gasteiger partial charge in [0.2, 0.25) is 0 Å². The lowest BCUT2D eigenvalue weighted by molar-refractivity contribution is 0.181. The van der Waals surface area contributed by atoms with Gasteiger partial charge in [0.25, 0.3) is 0 Å². The molecule has 4 nitrogen and oxygen atoms in total. The van der Waals surface area contributed by atoms with Gasteiger partial charge in [-0.2, -0.15) is 0 Å². The van der Waals surface area contributed by atoms with E-state index >= 15 is 0 Å². The first-order chi connectivity index (χ1) is 6.60. The summed E-state index contributed by atoms with van der Waals surface area (Å²) < 4.78 is 17.7. The fourth-order valence-corrected chi connectivity index (χ4v) is 1.12. The zero-order chi connectivity index (χ0) is 10.7. The summed E-state index contributed by atoms with van der Waals surface area (Å²) in [6, 6.07) is 2.11. The van der Waals surface area contributed by atoms with Crippen LogP contribution in [0.4, 0.5) is 4.39 Å². The van der Waals surface area contributed by atoms with Crippen molar-refractivity contribution in [3.8, 4) is 11.5 Å². The minimum Gasteiger partial charge on any atom is -0.505 e. The van der Waals surface area contributed by atoms with Crippen molar-refractivity contribution < 1.29 is 19.3 Å². The molecule has 0 heterocycles. The molecule has 0 fully saturated rings. The van der Waals surface area contributed by atoms with Crippen LogP contribution in [0, 0.1) is 5.82 Å². The lowest BCUT2D eigenvalue weighted by atomic mass is 10.1. The van der Waals surface area contributed by atoms with E-state index in [1.165, 1.54) is 7.11 Å². The molecule has 0 bridgehead atoms. The Hall–Kier alpha value is -1.33. The van der Waals surface area contributed by atoms with Crippen LogP contribution in [0.1, 0.15) is 11.7 Å². The van der Waals surface area contributed by atoms with Crippen molar-refractivity contribution in [1.82, 2.24) is 0 Å². The predicted molar refractivity (Wildman–Crippen MR) is 48.6 cm³/mol. The molecule has 1 atom stereocenters. The normalized spacial score (nSPS) is 12.6. The molecule has 14 heavy (non-hydrogen) atoms. The number of benzene rings is 1. The molecule has 0 radical (unpaired) electrons. The van der Waals surface area contributed by atoms with Gasteiger partial charge in [-0.05, 0) is 6.07 Å². The zero-order valence-electron chi connectivity index (χ0n) is 7.70. The summed E-state index contributed by atoms with van der Waals surface area (Å²) >= 11 is 0. The third kappa shape index (κ3) is 1.94. The highest BCUT2D eigenvalue weighted by molar-refractivity contribution is 5.42. The Kier molecular flexibility index (Phi) is 3.27. The molecule has 0 saturated carbocycles. The highest BCUT2D eigenvalue weighted by atomic mass is 19.1. The monoisotopic (exact) mass is 201 g/mol. The Labute approximate surface area is 80.7 Å². The van der Waals surface area contributed by atoms with Gasteiger partial charge in [-0.15, -0.1) is 0 Å². The van der Waals surface area contributed by atoms with Crippen LogP contribution in [-0.4, -0.2) is 23.9 Å². The highest BCUT2D eigenvalue weighted by Crippen LogP contribution is 2.30. The number of hydrogen-bond acceptors (Lipinski definition) is 4. The first-order valence-electron chi connectivity index (χ1n) is 4.04. The molecule has 1 rings (SSSR count). The van der Waals surface area contributed by atoms with Crippen LogP contribution in [-0.2, 0) is 0 Å². The highest BCUT2D eigenvalue weighted by Gasteiger charge is 2.15. The van der Waals surface area contributed by atoms with Crippen LogP contribution in [0.25, 0.3) is 0 Å². The van der Waals surface area contributed by atoms with Crippen molar-refractivity contribution in [2.45, 2.75) is 6.10 Å². The van der Waals surface area contributed by atoms with E-state index in [0.29, 0.717) is 0 Å². The van der Waals surface area contributed by atoms with Crippen LogP contribution in [0.3, 0.4) is 0 Å². The van der Waals surface area contributed by atoms with Gasteiger partial charge < -0.3 is 20.7 Å². The average Bonchev–Trinajstić information content (AvgIpc) is 2.20. The van der Waals surface area contributed by atoms with E-state index in [2.05, 4.69) is 0 Å². The molecule has 0 aliphatic carbocycles. The van der Waals surface area contributed by atoms with Gasteiger partial charge >= 0.3 is 0 Å². The second-order valence-electron chi connectivity index (χ2n) is 2.80. The van der Waals surface area contributed by atoms with E-state index in [1.54, 1.807) is 0 Å². The van der Waals surface area contributed by atoms with Crippen LogP contribution in [0.5, 0.6) is 11.5 Å². The van der Waals surface area contributed by atoms with Gasteiger partial charge in [-0.1, -0.05) is 0 Å². The van der Waals surface area contributed by atoms with Crippen LogP contribution >= 0.6 is 0 Å². The Morgan fingerprint density at radius 3 is 2.71 bits per heavy atom. The maximum Gasteiger partial charge on any atom is 0.168 e. The molecule has 0 aliphatic heterocycles. The van der Waals surface area contributed by atoms with E-state index in [9.17, 15) is 9.50 Å². The largest absolute Gasteiger partial charge is 0.505 e. The molecule has 5 heteroatoms. The van der Waals surface area contributed by atoms with E-state index < -0.39 is 17.7 Å². The fourth-order valence-electron chi connectivity index (χ4n) is 1.12. The summed E-state index contributed by atoms with van der Waals surface area (Å²) in [5, 5.41) is 18.5. The molecule has 0 saturated heterocycles. The van der Waals surface area contributed by atoms with Crippen molar-refractivity contribution in [1.29, 1.82) is 0 Å². The Balaban J connectivity index is 3.19. The standard InChI is InChI=1S/C9H12FNO3/c1-14-9-3-6(10)7(12)2-5(9)8(13)4-11/h2-3,8,12-13H,4,11H2,1H3. The SMILES string of the molecule is COc1cc(F)c(O)cc1C(O)CN. The van der Waals surface area contributed by atoms with Crippen LogP contribution < -0.4 is 10.5 Å². The van der Waals surface area contributed by atoms with E-state index in [-0.39, 0.29) is 17.9 Å². The number of ether oxygens (including phenoxy) is 1. The molecular formula is C9H12FNO3. The quantitative estimate of drug-likeness (QED) is 0.666. The molecule has 0 amide bonds. The maximum absolute atomic E-state index is 12.9. The van der Waals surface area contributed by atoms with Gasteiger partial charge in [-0.3, -0.25) is 0 Å². The van der Waals surface area contributed by atoms with Gasteiger partial charge in [0.15, 0.2) is 11.6 Å². The molecule has 78 valence electrons. The second kappa shape index (κ2) is 4.26. The summed E-state index contributed by atoms with van der Waals surface area (Å²) in [5.74, 6) is -1.17. The topological polar surface area (TPSA) is 75.7 Å². The smallest absolute Gasteiger partial charge is 0.168 e. The number of phenols is 1. The van der Waals surface area contributed by atoms with Crippen LogP contribution in [0.15, 0.2) is 12.1 Å². The molecule has 1 aromatic rings. The molecule has 1 aromatic carbocycles. The maximum atomic E-state index is 12.9. The van der Waals surface area contributed by atoms with E-state index in [0.717, 1.165) is 12.1 Å². The number of halogens is 1. The minimum atomic E-state index is -0.976. The Morgan fingerprint density at radius 1 is 1.57 bits per heavy atom. The first kappa shape index (κ1) is 10.7. The van der Waals surface area contributed by atoms with Crippen molar-refractivity contribution in [2.24, 2.45) is 5.73 Å². The van der Waals surface area contributed by atoms with Crippen molar-refractivity contribution in [3.63, 3.8) is 0 Å². The van der Waals surface area contributed by atoms with Gasteiger partial charge in [0.1, 0.15) is 5.75 Å². The molecule has 0 aromatic heterocycles. The third-order valence-electron chi connectivity index (χ3n) is 1.88. The molecule has 4 N–H and O–H groups in total. The summed E-state index contributed by atoms with van der Waals surface area (Å²) in [4.78, 5) is 0. The Bertz CT molecular complexity index is 330. The van der Waals surface area contributed by atoms with Gasteiger partial charge in [0, 0.05) is 18.2 Å². The number of phenolic OH excluding ortho intramolecular Hbond substituents is 1. The zero-order valence-corrected chi connectivity index (χ0v) is 7.70. The molecule has 0 spiro atoms. The molecule has 0 aliphatic rings. The summed E-state index contributed by atoms with van der Waals surface area (Å²) in [6.07, 6.45) is -0.976. The van der Waals surface area contributed by atoms with Crippen molar-refractivity contribution >= 4 is 0 Å². The van der Waals surface area contributed by atoms with Crippen molar-refractivity contribution in [3.05, 3.63) is 23.5 Å². The number of rotatable bonds is 3. The molecular weight excluding hydrogens is 189 g/mol. The lowest BCUT2D eigenvalue weighted by Crippen LogP contribution is -2.12.